The largest absolute Gasteiger partial charge is 0.488 e. The molecule has 3 rings (SSSR count). The van der Waals surface area contributed by atoms with Crippen LogP contribution >= 0.6 is 0 Å². The number of nitrogens with zero attached hydrogens (tertiary/aromatic N) is 2. The number of fused-ring (bicyclic) bond motifs is 1. The number of aryl methyl sites for hydroxylation is 1. The highest BCUT2D eigenvalue weighted by Gasteiger charge is 2.40. The van der Waals surface area contributed by atoms with E-state index in [1.54, 1.807) is 6.07 Å². The number of hydrogen-bond donors (Lipinski definition) is 3. The molecule has 2 atom stereocenters. The lowest BCUT2D eigenvalue weighted by Crippen LogP contribution is -2.52. The second-order valence-corrected chi connectivity index (χ2v) is 8.50. The topological polar surface area (TPSA) is 133 Å². The number of ether oxygens (including phenoxy) is 1. The number of carbonyl (C=O) groups is 1. The van der Waals surface area contributed by atoms with E-state index in [-0.39, 0.29) is 34.2 Å². The van der Waals surface area contributed by atoms with Gasteiger partial charge in [-0.15, -0.1) is 6.42 Å². The molecule has 2 heterocycles. The van der Waals surface area contributed by atoms with Gasteiger partial charge in [0.25, 0.3) is 5.91 Å². The summed E-state index contributed by atoms with van der Waals surface area (Å²) in [6.45, 7) is 0.928. The Morgan fingerprint density at radius 1 is 1.53 bits per heavy atom. The molecule has 1 amide bonds. The molecule has 0 unspecified atom stereocenters. The van der Waals surface area contributed by atoms with Crippen LogP contribution in [0.1, 0.15) is 23.0 Å². The Morgan fingerprint density at radius 2 is 2.23 bits per heavy atom. The summed E-state index contributed by atoms with van der Waals surface area (Å²) in [6, 6.07) is 3.94. The van der Waals surface area contributed by atoms with Gasteiger partial charge in [-0.3, -0.25) is 4.79 Å². The number of halogens is 1. The molecule has 1 aromatic carbocycles. The second kappa shape index (κ2) is 7.46. The zero-order chi connectivity index (χ0) is 22.3. The molecule has 0 bridgehead atoms. The number of sulfonamides is 1. The molecule has 1 aromatic heterocycles. The summed E-state index contributed by atoms with van der Waals surface area (Å²) in [5.41, 5.74) is -2.08. The van der Waals surface area contributed by atoms with Gasteiger partial charge in [0.1, 0.15) is 29.0 Å². The van der Waals surface area contributed by atoms with E-state index in [0.29, 0.717) is 0 Å². The summed E-state index contributed by atoms with van der Waals surface area (Å²) >= 11 is 0. The number of carbonyl (C=O) groups excluding carboxylic acids is 1. The number of terminal acetylenes is 1. The van der Waals surface area contributed by atoms with Crippen LogP contribution in [0.4, 0.5) is 10.1 Å². The minimum Gasteiger partial charge on any atom is -0.488 e. The lowest BCUT2D eigenvalue weighted by molar-refractivity contribution is 0.0640. The number of anilines is 1. The molecule has 156 valence electrons. The van der Waals surface area contributed by atoms with E-state index in [1.807, 2.05) is 0 Å². The van der Waals surface area contributed by atoms with Gasteiger partial charge in [0.05, 0.1) is 11.6 Å². The lowest BCUT2D eigenvalue weighted by atomic mass is 9.99. The fraction of sp³-hybridized carbons (Fsp3) is 0.263. The Hall–Kier alpha value is -3.38. The predicted molar refractivity (Wildman–Crippen MR) is 104 cm³/mol. The minimum atomic E-state index is -4.17. The van der Waals surface area contributed by atoms with Crippen LogP contribution in [0.2, 0.25) is 0 Å². The van der Waals surface area contributed by atoms with Crippen molar-refractivity contribution in [2.75, 3.05) is 11.9 Å². The summed E-state index contributed by atoms with van der Waals surface area (Å²) in [6.07, 6.45) is 6.46. The molecule has 30 heavy (non-hydrogen) atoms. The molecular weight excluding hydrogens is 415 g/mol. The molecule has 0 fully saturated rings. The van der Waals surface area contributed by atoms with Crippen LogP contribution in [0, 0.1) is 29.5 Å². The molecule has 0 saturated carbocycles. The van der Waals surface area contributed by atoms with Gasteiger partial charge in [-0.05, 0) is 25.1 Å². The summed E-state index contributed by atoms with van der Waals surface area (Å²) in [7, 11) is -2.72. The Morgan fingerprint density at radius 3 is 2.87 bits per heavy atom. The van der Waals surface area contributed by atoms with Crippen LogP contribution in [0.3, 0.4) is 0 Å². The standard InChI is InChI=1S/C19H17FN4O5S/c1-4-19(2,26)15-10-29-17-14(30(27,28)23-15)9-24(3)16(17)18(25)22-12-5-6-13(20)11(7-12)8-21/h1,5-7,9,15,23,26H,10H2,2-3H3,(H,22,25)/t15-,19+/m1/s1. The smallest absolute Gasteiger partial charge is 0.276 e. The van der Waals surface area contributed by atoms with Gasteiger partial charge >= 0.3 is 0 Å². The van der Waals surface area contributed by atoms with Crippen molar-refractivity contribution in [2.24, 2.45) is 7.05 Å². The Balaban J connectivity index is 1.99. The zero-order valence-corrected chi connectivity index (χ0v) is 16.7. The van der Waals surface area contributed by atoms with Crippen molar-refractivity contribution < 1.29 is 27.4 Å². The highest BCUT2D eigenvalue weighted by molar-refractivity contribution is 7.89. The third kappa shape index (κ3) is 3.74. The fourth-order valence-corrected chi connectivity index (χ4v) is 4.37. The van der Waals surface area contributed by atoms with Crippen molar-refractivity contribution in [1.29, 1.82) is 5.26 Å². The third-order valence-corrected chi connectivity index (χ3v) is 6.08. The van der Waals surface area contributed by atoms with Crippen molar-refractivity contribution in [3.63, 3.8) is 0 Å². The SMILES string of the molecule is C#C[C@](C)(O)[C@H]1COc2c(cn(C)c2C(=O)Nc2ccc(F)c(C#N)c2)S(=O)(=O)N1. The number of aliphatic hydroxyl groups is 1. The summed E-state index contributed by atoms with van der Waals surface area (Å²) in [5.74, 6) is 0.393. The summed E-state index contributed by atoms with van der Waals surface area (Å²) in [5, 5.41) is 21.6. The van der Waals surface area contributed by atoms with Gasteiger partial charge in [-0.1, -0.05) is 5.92 Å². The van der Waals surface area contributed by atoms with Gasteiger partial charge in [0.15, 0.2) is 11.4 Å². The number of nitrogens with one attached hydrogen (secondary N) is 2. The molecule has 2 aromatic rings. The first-order chi connectivity index (χ1) is 14.0. The molecule has 11 heteroatoms. The average Bonchev–Trinajstić information content (AvgIpc) is 2.97. The maximum absolute atomic E-state index is 13.5. The molecule has 3 N–H and O–H groups in total. The Kier molecular flexibility index (Phi) is 5.31. The number of amides is 1. The number of aromatic nitrogens is 1. The van der Waals surface area contributed by atoms with Crippen LogP contribution in [-0.4, -0.2) is 42.2 Å². The van der Waals surface area contributed by atoms with E-state index < -0.39 is 33.4 Å². The molecule has 0 aliphatic carbocycles. The van der Waals surface area contributed by atoms with Gasteiger partial charge in [0, 0.05) is 18.9 Å². The minimum absolute atomic E-state index is 0.126. The van der Waals surface area contributed by atoms with E-state index in [4.69, 9.17) is 16.4 Å². The van der Waals surface area contributed by atoms with Gasteiger partial charge in [0.2, 0.25) is 10.0 Å². The third-order valence-electron chi connectivity index (χ3n) is 4.61. The lowest BCUT2D eigenvalue weighted by Gasteiger charge is -2.26. The van der Waals surface area contributed by atoms with E-state index in [2.05, 4.69) is 16.0 Å². The van der Waals surface area contributed by atoms with Crippen LogP contribution in [0.5, 0.6) is 5.75 Å². The van der Waals surface area contributed by atoms with Crippen LogP contribution < -0.4 is 14.8 Å². The van der Waals surface area contributed by atoms with Gasteiger partial charge in [-0.25, -0.2) is 17.5 Å². The van der Waals surface area contributed by atoms with Crippen molar-refractivity contribution in [1.82, 2.24) is 9.29 Å². The molecule has 0 saturated heterocycles. The number of nitriles is 1. The zero-order valence-electron chi connectivity index (χ0n) is 15.9. The number of hydrogen-bond acceptors (Lipinski definition) is 6. The van der Waals surface area contributed by atoms with E-state index in [1.165, 1.54) is 30.8 Å². The molecule has 1 aliphatic rings. The molecule has 1 aliphatic heterocycles. The van der Waals surface area contributed by atoms with Crippen molar-refractivity contribution >= 4 is 21.6 Å². The van der Waals surface area contributed by atoms with E-state index in [9.17, 15) is 22.7 Å². The Labute approximate surface area is 172 Å². The van der Waals surface area contributed by atoms with Crippen molar-refractivity contribution in [3.05, 3.63) is 41.5 Å². The monoisotopic (exact) mass is 432 g/mol. The maximum Gasteiger partial charge on any atom is 0.276 e. The van der Waals surface area contributed by atoms with Crippen molar-refractivity contribution in [3.8, 4) is 24.2 Å². The summed E-state index contributed by atoms with van der Waals surface area (Å²) < 4.78 is 48.1. The molecule has 9 nitrogen and oxygen atoms in total. The first-order valence-corrected chi connectivity index (χ1v) is 10.0. The number of rotatable bonds is 3. The number of benzene rings is 1. The molecular formula is C19H17FN4O5S. The normalized spacial score (nSPS) is 19.2. The average molecular weight is 432 g/mol. The van der Waals surface area contributed by atoms with Gasteiger partial charge in [-0.2, -0.15) is 5.26 Å². The molecule has 0 radical (unpaired) electrons. The second-order valence-electron chi connectivity index (χ2n) is 6.82. The maximum atomic E-state index is 13.5. The van der Waals surface area contributed by atoms with Crippen LogP contribution in [-0.2, 0) is 17.1 Å². The van der Waals surface area contributed by atoms with Gasteiger partial charge < -0.3 is 19.7 Å². The quantitative estimate of drug-likeness (QED) is 0.612. The van der Waals surface area contributed by atoms with E-state index >= 15 is 0 Å². The molecule has 0 spiro atoms. The first kappa shape index (κ1) is 21.3. The van der Waals surface area contributed by atoms with Crippen LogP contribution in [0.15, 0.2) is 29.3 Å². The highest BCUT2D eigenvalue weighted by atomic mass is 32.2. The fourth-order valence-electron chi connectivity index (χ4n) is 2.88. The Bertz CT molecular complexity index is 1220. The van der Waals surface area contributed by atoms with E-state index in [0.717, 1.165) is 12.1 Å². The van der Waals surface area contributed by atoms with Crippen molar-refractivity contribution in [2.45, 2.75) is 23.5 Å². The van der Waals surface area contributed by atoms with Crippen LogP contribution in [0.25, 0.3) is 0 Å². The summed E-state index contributed by atoms with van der Waals surface area (Å²) in [4.78, 5) is 12.5. The first-order valence-electron chi connectivity index (χ1n) is 8.55. The highest BCUT2D eigenvalue weighted by Crippen LogP contribution is 2.34. The predicted octanol–water partition coefficient (Wildman–Crippen LogP) is 0.712.